The molecule has 88 valence electrons. The van der Waals surface area contributed by atoms with Gasteiger partial charge in [0.1, 0.15) is 0 Å². The van der Waals surface area contributed by atoms with Gasteiger partial charge in [-0.2, -0.15) is 0 Å². The number of carbonyl (C=O) groups excluding carboxylic acids is 1. The zero-order valence-corrected chi connectivity index (χ0v) is 9.75. The third-order valence-corrected chi connectivity index (χ3v) is 2.28. The summed E-state index contributed by atoms with van der Waals surface area (Å²) >= 11 is 0. The molecule has 5 nitrogen and oxygen atoms in total. The van der Waals surface area contributed by atoms with Crippen LogP contribution in [0.25, 0.3) is 5.69 Å². The first-order valence-corrected chi connectivity index (χ1v) is 5.37. The summed E-state index contributed by atoms with van der Waals surface area (Å²) in [4.78, 5) is 11.4. The highest BCUT2D eigenvalue weighted by Crippen LogP contribution is 2.08. The highest BCUT2D eigenvalue weighted by molar-refractivity contribution is 5.86. The van der Waals surface area contributed by atoms with Gasteiger partial charge in [0.15, 0.2) is 5.69 Å². The second-order valence-corrected chi connectivity index (χ2v) is 3.60. The van der Waals surface area contributed by atoms with Gasteiger partial charge in [0.25, 0.3) is 0 Å². The lowest BCUT2D eigenvalue weighted by Gasteiger charge is -1.99. The summed E-state index contributed by atoms with van der Waals surface area (Å²) in [6.07, 6.45) is 1.56. The van der Waals surface area contributed by atoms with Crippen molar-refractivity contribution in [2.75, 3.05) is 6.61 Å². The topological polar surface area (TPSA) is 57.0 Å². The number of hydrogen-bond donors (Lipinski definition) is 0. The van der Waals surface area contributed by atoms with E-state index in [0.29, 0.717) is 6.61 Å². The summed E-state index contributed by atoms with van der Waals surface area (Å²) in [7, 11) is 0. The summed E-state index contributed by atoms with van der Waals surface area (Å²) in [5.41, 5.74) is 2.24. The van der Waals surface area contributed by atoms with Crippen LogP contribution < -0.4 is 0 Å². The Labute approximate surface area is 99.0 Å². The molecule has 5 heteroatoms. The molecule has 0 aliphatic rings. The Hall–Kier alpha value is -2.17. The lowest BCUT2D eigenvalue weighted by molar-refractivity contribution is 0.0519. The van der Waals surface area contributed by atoms with Gasteiger partial charge < -0.3 is 4.74 Å². The molecule has 0 bridgehead atoms. The van der Waals surface area contributed by atoms with Crippen LogP contribution in [-0.4, -0.2) is 27.6 Å². The fourth-order valence-corrected chi connectivity index (χ4v) is 1.39. The van der Waals surface area contributed by atoms with Crippen molar-refractivity contribution < 1.29 is 9.53 Å². The maximum atomic E-state index is 11.4. The van der Waals surface area contributed by atoms with Crippen molar-refractivity contribution in [3.05, 3.63) is 41.7 Å². The molecule has 0 radical (unpaired) electrons. The van der Waals surface area contributed by atoms with Crippen LogP contribution in [0.2, 0.25) is 0 Å². The maximum absolute atomic E-state index is 11.4. The first kappa shape index (κ1) is 11.3. The molecule has 0 spiro atoms. The molecule has 0 aliphatic carbocycles. The second-order valence-electron chi connectivity index (χ2n) is 3.60. The van der Waals surface area contributed by atoms with E-state index in [1.807, 2.05) is 31.2 Å². The van der Waals surface area contributed by atoms with Gasteiger partial charge in [-0.05, 0) is 26.0 Å². The zero-order valence-electron chi connectivity index (χ0n) is 9.75. The monoisotopic (exact) mass is 231 g/mol. The minimum absolute atomic E-state index is 0.215. The number of aryl methyl sites for hydroxylation is 1. The molecule has 0 amide bonds. The first-order chi connectivity index (χ1) is 8.20. The molecule has 0 aliphatic heterocycles. The standard InChI is InChI=1S/C12H13N3O2/c1-3-17-12(16)11-8-15(14-13-11)10-6-4-9(2)5-7-10/h4-8H,3H2,1-2H3. The highest BCUT2D eigenvalue weighted by atomic mass is 16.5. The van der Waals surface area contributed by atoms with Gasteiger partial charge >= 0.3 is 5.97 Å². The molecular formula is C12H13N3O2. The Balaban J connectivity index is 2.23. The van der Waals surface area contributed by atoms with Gasteiger partial charge in [-0.1, -0.05) is 22.9 Å². The minimum Gasteiger partial charge on any atom is -0.461 e. The fourth-order valence-electron chi connectivity index (χ4n) is 1.39. The normalized spacial score (nSPS) is 10.2. The van der Waals surface area contributed by atoms with Crippen LogP contribution in [0.1, 0.15) is 23.0 Å². The largest absolute Gasteiger partial charge is 0.461 e. The molecule has 2 rings (SSSR count). The van der Waals surface area contributed by atoms with E-state index in [4.69, 9.17) is 4.74 Å². The van der Waals surface area contributed by atoms with E-state index in [-0.39, 0.29) is 5.69 Å². The highest BCUT2D eigenvalue weighted by Gasteiger charge is 2.11. The van der Waals surface area contributed by atoms with Crippen molar-refractivity contribution in [2.24, 2.45) is 0 Å². The molecule has 1 aromatic heterocycles. The molecular weight excluding hydrogens is 218 g/mol. The van der Waals surface area contributed by atoms with Crippen molar-refractivity contribution in [3.63, 3.8) is 0 Å². The fraction of sp³-hybridized carbons (Fsp3) is 0.250. The van der Waals surface area contributed by atoms with E-state index in [1.54, 1.807) is 17.8 Å². The summed E-state index contributed by atoms with van der Waals surface area (Å²) < 4.78 is 6.39. The Morgan fingerprint density at radius 3 is 2.71 bits per heavy atom. The molecule has 0 saturated heterocycles. The molecule has 2 aromatic rings. The lowest BCUT2D eigenvalue weighted by Crippen LogP contribution is -2.04. The molecule has 0 atom stereocenters. The summed E-state index contributed by atoms with van der Waals surface area (Å²) in [5.74, 6) is -0.453. The predicted octanol–water partition coefficient (Wildman–Crippen LogP) is 1.75. The smallest absolute Gasteiger partial charge is 0.360 e. The van der Waals surface area contributed by atoms with E-state index in [1.165, 1.54) is 5.56 Å². The Morgan fingerprint density at radius 1 is 1.35 bits per heavy atom. The minimum atomic E-state index is -0.453. The molecule has 0 saturated carbocycles. The van der Waals surface area contributed by atoms with Crippen molar-refractivity contribution in [1.82, 2.24) is 15.0 Å². The summed E-state index contributed by atoms with van der Waals surface area (Å²) in [6.45, 7) is 4.09. The van der Waals surface area contributed by atoms with Crippen molar-refractivity contribution in [3.8, 4) is 5.69 Å². The number of carbonyl (C=O) groups is 1. The van der Waals surface area contributed by atoms with E-state index in [9.17, 15) is 4.79 Å². The molecule has 0 unspecified atom stereocenters. The number of rotatable bonds is 3. The van der Waals surface area contributed by atoms with E-state index >= 15 is 0 Å². The molecule has 1 heterocycles. The van der Waals surface area contributed by atoms with Gasteiger partial charge in [-0.15, -0.1) is 5.10 Å². The Bertz CT molecular complexity index is 517. The van der Waals surface area contributed by atoms with Crippen LogP contribution >= 0.6 is 0 Å². The third-order valence-electron chi connectivity index (χ3n) is 2.28. The number of aromatic nitrogens is 3. The van der Waals surface area contributed by atoms with Crippen molar-refractivity contribution in [1.29, 1.82) is 0 Å². The molecule has 17 heavy (non-hydrogen) atoms. The molecule has 1 aromatic carbocycles. The van der Waals surface area contributed by atoms with Gasteiger partial charge in [-0.25, -0.2) is 9.48 Å². The van der Waals surface area contributed by atoms with Gasteiger partial charge in [0, 0.05) is 0 Å². The van der Waals surface area contributed by atoms with Crippen molar-refractivity contribution >= 4 is 5.97 Å². The first-order valence-electron chi connectivity index (χ1n) is 5.37. The van der Waals surface area contributed by atoms with Gasteiger partial charge in [0.2, 0.25) is 0 Å². The number of ether oxygens (including phenoxy) is 1. The SMILES string of the molecule is CCOC(=O)c1cn(-c2ccc(C)cc2)nn1. The molecule has 0 fully saturated rings. The average Bonchev–Trinajstić information content (AvgIpc) is 2.80. The number of esters is 1. The van der Waals surface area contributed by atoms with Crippen molar-refractivity contribution in [2.45, 2.75) is 13.8 Å². The van der Waals surface area contributed by atoms with E-state index in [0.717, 1.165) is 5.69 Å². The van der Waals surface area contributed by atoms with Crippen LogP contribution in [0, 0.1) is 6.92 Å². The summed E-state index contributed by atoms with van der Waals surface area (Å²) in [6, 6.07) is 7.78. The van der Waals surface area contributed by atoms with Gasteiger partial charge in [0.05, 0.1) is 18.5 Å². The second kappa shape index (κ2) is 4.78. The lowest BCUT2D eigenvalue weighted by atomic mass is 10.2. The third kappa shape index (κ3) is 2.50. The number of hydrogen-bond acceptors (Lipinski definition) is 4. The van der Waals surface area contributed by atoms with Crippen LogP contribution in [0.3, 0.4) is 0 Å². The van der Waals surface area contributed by atoms with E-state index in [2.05, 4.69) is 10.3 Å². The molecule has 0 N–H and O–H groups in total. The van der Waals surface area contributed by atoms with E-state index < -0.39 is 5.97 Å². The Morgan fingerprint density at radius 2 is 2.06 bits per heavy atom. The maximum Gasteiger partial charge on any atom is 0.360 e. The zero-order chi connectivity index (χ0) is 12.3. The van der Waals surface area contributed by atoms with Crippen LogP contribution in [0.5, 0.6) is 0 Å². The van der Waals surface area contributed by atoms with Gasteiger partial charge in [-0.3, -0.25) is 0 Å². The number of nitrogens with zero attached hydrogens (tertiary/aromatic N) is 3. The summed E-state index contributed by atoms with van der Waals surface area (Å²) in [5, 5.41) is 7.66. The predicted molar refractivity (Wildman–Crippen MR) is 62.1 cm³/mol. The number of benzene rings is 1. The van der Waals surface area contributed by atoms with Crippen LogP contribution in [0.15, 0.2) is 30.5 Å². The average molecular weight is 231 g/mol. The van der Waals surface area contributed by atoms with Crippen LogP contribution in [0.4, 0.5) is 0 Å². The van der Waals surface area contributed by atoms with Crippen LogP contribution in [-0.2, 0) is 4.74 Å². The quantitative estimate of drug-likeness (QED) is 0.755. The Kier molecular flexibility index (Phi) is 3.18.